The molecule has 0 N–H and O–H groups in total. The molecule has 1 aromatic rings. The van der Waals surface area contributed by atoms with E-state index in [9.17, 15) is 4.79 Å². The molecule has 0 bridgehead atoms. The Balaban J connectivity index is 2.81. The first-order valence-electron chi connectivity index (χ1n) is 4.57. The molecule has 0 saturated heterocycles. The largest absolute Gasteiger partial charge is 0.492 e. The van der Waals surface area contributed by atoms with Crippen molar-refractivity contribution in [2.75, 3.05) is 18.6 Å². The summed E-state index contributed by atoms with van der Waals surface area (Å²) in [7, 11) is 0. The summed E-state index contributed by atoms with van der Waals surface area (Å²) in [5, 5.41) is 0. The number of halogens is 1. The van der Waals surface area contributed by atoms with E-state index < -0.39 is 0 Å². The third-order valence-electron chi connectivity index (χ3n) is 1.87. The van der Waals surface area contributed by atoms with Gasteiger partial charge in [0.15, 0.2) is 5.78 Å². The molecule has 0 fully saturated rings. The molecule has 0 aliphatic heterocycles. The molecule has 0 unspecified atom stereocenters. The molecule has 0 saturated carbocycles. The number of carbonyl (C=O) groups is 1. The van der Waals surface area contributed by atoms with Gasteiger partial charge < -0.3 is 4.74 Å². The highest BCUT2D eigenvalue weighted by atomic mass is 79.9. The Morgan fingerprint density at radius 3 is 2.87 bits per heavy atom. The van der Waals surface area contributed by atoms with Gasteiger partial charge in [0.25, 0.3) is 0 Å². The van der Waals surface area contributed by atoms with E-state index in [2.05, 4.69) is 15.9 Å². The number of ether oxygens (including phenoxy) is 1. The Hall–Kier alpha value is -0.480. The first-order valence-corrected chi connectivity index (χ1v) is 6.76. The summed E-state index contributed by atoms with van der Waals surface area (Å²) in [5.74, 6) is 1.61. The third-order valence-corrected chi connectivity index (χ3v) is 2.93. The highest BCUT2D eigenvalue weighted by molar-refractivity contribution is 9.10. The molecule has 0 spiro atoms. The second-order valence-corrected chi connectivity index (χ2v) is 4.94. The molecule has 0 aromatic heterocycles. The minimum absolute atomic E-state index is 0.0236. The fourth-order valence-corrected chi connectivity index (χ4v) is 1.75. The molecule has 0 radical (unpaired) electrons. The van der Waals surface area contributed by atoms with Crippen molar-refractivity contribution in [1.29, 1.82) is 0 Å². The number of thioether (sulfide) groups is 1. The van der Waals surface area contributed by atoms with Crippen LogP contribution in [0.1, 0.15) is 17.3 Å². The highest BCUT2D eigenvalue weighted by Crippen LogP contribution is 2.23. The fraction of sp³-hybridized carbons (Fsp3) is 0.364. The molecule has 0 aliphatic rings. The summed E-state index contributed by atoms with van der Waals surface area (Å²) >= 11 is 5.05. The molecule has 4 heteroatoms. The van der Waals surface area contributed by atoms with E-state index >= 15 is 0 Å². The lowest BCUT2D eigenvalue weighted by molar-refractivity contribution is 0.101. The molecule has 0 aliphatic carbocycles. The molecule has 2 nitrogen and oxygen atoms in total. The van der Waals surface area contributed by atoms with E-state index in [1.54, 1.807) is 24.8 Å². The van der Waals surface area contributed by atoms with Crippen molar-refractivity contribution in [3.63, 3.8) is 0 Å². The summed E-state index contributed by atoms with van der Waals surface area (Å²) in [6.45, 7) is 2.17. The van der Waals surface area contributed by atoms with E-state index in [0.29, 0.717) is 17.9 Å². The Morgan fingerprint density at radius 1 is 1.53 bits per heavy atom. The van der Waals surface area contributed by atoms with Crippen LogP contribution < -0.4 is 4.74 Å². The van der Waals surface area contributed by atoms with Crippen molar-refractivity contribution < 1.29 is 9.53 Å². The van der Waals surface area contributed by atoms with Gasteiger partial charge in [0.2, 0.25) is 0 Å². The van der Waals surface area contributed by atoms with E-state index in [4.69, 9.17) is 4.74 Å². The van der Waals surface area contributed by atoms with Gasteiger partial charge in [-0.25, -0.2) is 0 Å². The quantitative estimate of drug-likeness (QED) is 0.614. The smallest absolute Gasteiger partial charge is 0.163 e. The first-order chi connectivity index (χ1) is 7.15. The average molecular weight is 289 g/mol. The van der Waals surface area contributed by atoms with E-state index in [1.807, 2.05) is 18.4 Å². The van der Waals surface area contributed by atoms with Crippen molar-refractivity contribution in [3.05, 3.63) is 28.2 Å². The summed E-state index contributed by atoms with van der Waals surface area (Å²) < 4.78 is 6.42. The molecule has 1 aromatic carbocycles. The van der Waals surface area contributed by atoms with Crippen LogP contribution in [0.4, 0.5) is 0 Å². The van der Waals surface area contributed by atoms with E-state index in [1.165, 1.54) is 0 Å². The molecule has 0 atom stereocenters. The van der Waals surface area contributed by atoms with Gasteiger partial charge in [0, 0.05) is 10.2 Å². The van der Waals surface area contributed by atoms with Crippen LogP contribution in [0.3, 0.4) is 0 Å². The van der Waals surface area contributed by atoms with Crippen molar-refractivity contribution in [3.8, 4) is 5.75 Å². The normalized spacial score (nSPS) is 10.1. The van der Waals surface area contributed by atoms with Crippen LogP contribution in [0.2, 0.25) is 0 Å². The lowest BCUT2D eigenvalue weighted by atomic mass is 10.1. The van der Waals surface area contributed by atoms with Gasteiger partial charge in [-0.2, -0.15) is 11.8 Å². The zero-order valence-electron chi connectivity index (χ0n) is 8.75. The highest BCUT2D eigenvalue weighted by Gasteiger charge is 2.08. The van der Waals surface area contributed by atoms with Crippen LogP contribution in [-0.2, 0) is 0 Å². The number of rotatable bonds is 5. The molecular weight excluding hydrogens is 276 g/mol. The van der Waals surface area contributed by atoms with Crippen molar-refractivity contribution in [1.82, 2.24) is 0 Å². The predicted octanol–water partition coefficient (Wildman–Crippen LogP) is 3.39. The SMILES string of the molecule is CSCCOc1ccc(Br)cc1C(C)=O. The van der Waals surface area contributed by atoms with Crippen molar-refractivity contribution >= 4 is 33.5 Å². The average Bonchev–Trinajstić information content (AvgIpc) is 2.20. The predicted molar refractivity (Wildman–Crippen MR) is 68.0 cm³/mol. The minimum atomic E-state index is 0.0236. The van der Waals surface area contributed by atoms with Crippen LogP contribution in [0.15, 0.2) is 22.7 Å². The maximum Gasteiger partial charge on any atom is 0.163 e. The van der Waals surface area contributed by atoms with Gasteiger partial charge in [-0.15, -0.1) is 0 Å². The molecule has 0 heterocycles. The Labute approximate surface area is 103 Å². The zero-order valence-corrected chi connectivity index (χ0v) is 11.2. The molecule has 1 rings (SSSR count). The van der Waals surface area contributed by atoms with Crippen LogP contribution in [0.25, 0.3) is 0 Å². The van der Waals surface area contributed by atoms with Gasteiger partial charge in [-0.1, -0.05) is 15.9 Å². The van der Waals surface area contributed by atoms with Crippen molar-refractivity contribution in [2.45, 2.75) is 6.92 Å². The van der Waals surface area contributed by atoms with Crippen LogP contribution in [0.5, 0.6) is 5.75 Å². The van der Waals surface area contributed by atoms with E-state index in [-0.39, 0.29) is 5.78 Å². The fourth-order valence-electron chi connectivity index (χ4n) is 1.14. The van der Waals surface area contributed by atoms with Crippen molar-refractivity contribution in [2.24, 2.45) is 0 Å². The third kappa shape index (κ3) is 3.87. The number of benzene rings is 1. The summed E-state index contributed by atoms with van der Waals surface area (Å²) in [4.78, 5) is 11.3. The second-order valence-electron chi connectivity index (χ2n) is 3.04. The Morgan fingerprint density at radius 2 is 2.27 bits per heavy atom. The Bertz CT molecular complexity index is 352. The molecule has 82 valence electrons. The van der Waals surface area contributed by atoms with Gasteiger partial charge in [-0.05, 0) is 31.4 Å². The number of hydrogen-bond donors (Lipinski definition) is 0. The summed E-state index contributed by atoms with van der Waals surface area (Å²) in [6.07, 6.45) is 2.02. The van der Waals surface area contributed by atoms with Gasteiger partial charge >= 0.3 is 0 Å². The number of hydrogen-bond acceptors (Lipinski definition) is 3. The van der Waals surface area contributed by atoms with Crippen LogP contribution >= 0.6 is 27.7 Å². The van der Waals surface area contributed by atoms with Gasteiger partial charge in [0.05, 0.1) is 12.2 Å². The van der Waals surface area contributed by atoms with E-state index in [0.717, 1.165) is 10.2 Å². The van der Waals surface area contributed by atoms with Crippen LogP contribution in [0, 0.1) is 0 Å². The lowest BCUT2D eigenvalue weighted by Gasteiger charge is -2.09. The number of ketones is 1. The maximum absolute atomic E-state index is 11.3. The van der Waals surface area contributed by atoms with Gasteiger partial charge in [-0.3, -0.25) is 4.79 Å². The summed E-state index contributed by atoms with van der Waals surface area (Å²) in [6, 6.07) is 5.48. The molecule has 0 amide bonds. The Kier molecular flexibility index (Phi) is 5.19. The summed E-state index contributed by atoms with van der Waals surface area (Å²) in [5.41, 5.74) is 0.630. The monoisotopic (exact) mass is 288 g/mol. The van der Waals surface area contributed by atoms with Gasteiger partial charge in [0.1, 0.15) is 5.75 Å². The molecule has 15 heavy (non-hydrogen) atoms. The topological polar surface area (TPSA) is 26.3 Å². The standard InChI is InChI=1S/C11H13BrO2S/c1-8(13)10-7-9(12)3-4-11(10)14-5-6-15-2/h3-4,7H,5-6H2,1-2H3. The maximum atomic E-state index is 11.3. The second kappa shape index (κ2) is 6.18. The number of carbonyl (C=O) groups excluding carboxylic acids is 1. The minimum Gasteiger partial charge on any atom is -0.492 e. The van der Waals surface area contributed by atoms with Crippen LogP contribution in [-0.4, -0.2) is 24.4 Å². The number of Topliss-reactive ketones (excluding diaryl/α,β-unsaturated/α-hetero) is 1. The first kappa shape index (κ1) is 12.6. The molecular formula is C11H13BrO2S. The lowest BCUT2D eigenvalue weighted by Crippen LogP contribution is -2.04. The zero-order chi connectivity index (χ0) is 11.3.